The minimum Gasteiger partial charge on any atom is -0.488 e. The molecule has 2 rings (SSSR count). The summed E-state index contributed by atoms with van der Waals surface area (Å²) in [5, 5.41) is 0. The van der Waals surface area contributed by atoms with Crippen LogP contribution >= 0.6 is 0 Å². The van der Waals surface area contributed by atoms with E-state index >= 15 is 0 Å². The lowest BCUT2D eigenvalue weighted by Gasteiger charge is -2.35. The first-order valence-electron chi connectivity index (χ1n) is 7.01. The van der Waals surface area contributed by atoms with Gasteiger partial charge in [0.25, 0.3) is 0 Å². The van der Waals surface area contributed by atoms with Crippen LogP contribution < -0.4 is 10.5 Å². The third kappa shape index (κ3) is 3.61. The van der Waals surface area contributed by atoms with E-state index in [1.165, 1.54) is 6.07 Å². The van der Waals surface area contributed by atoms with Gasteiger partial charge in [0, 0.05) is 30.9 Å². The molecule has 20 heavy (non-hydrogen) atoms. The highest BCUT2D eigenvalue weighted by atomic mass is 19.1. The number of nitrogens with zero attached hydrogens (tertiary/aromatic N) is 1. The Labute approximate surface area is 119 Å². The van der Waals surface area contributed by atoms with E-state index in [0.29, 0.717) is 24.9 Å². The highest BCUT2D eigenvalue weighted by Gasteiger charge is 2.23. The fourth-order valence-electron chi connectivity index (χ4n) is 2.28. The van der Waals surface area contributed by atoms with Gasteiger partial charge in [0.05, 0.1) is 6.61 Å². The molecule has 2 N–H and O–H groups in total. The molecule has 0 radical (unpaired) electrons. The van der Waals surface area contributed by atoms with Crippen LogP contribution in [0, 0.1) is 12.7 Å². The second kappa shape index (κ2) is 6.41. The smallest absolute Gasteiger partial charge is 0.167 e. The number of ether oxygens (including phenoxy) is 2. The van der Waals surface area contributed by atoms with Crippen LogP contribution in [-0.4, -0.2) is 43.3 Å². The monoisotopic (exact) mass is 282 g/mol. The third-order valence-corrected chi connectivity index (χ3v) is 3.65. The van der Waals surface area contributed by atoms with Crippen LogP contribution in [0.3, 0.4) is 0 Å². The Kier molecular flexibility index (Phi) is 4.83. The Morgan fingerprint density at radius 1 is 1.50 bits per heavy atom. The molecule has 0 aliphatic carbocycles. The molecule has 1 saturated heterocycles. The largest absolute Gasteiger partial charge is 0.488 e. The van der Waals surface area contributed by atoms with Gasteiger partial charge in [-0.05, 0) is 32.4 Å². The molecular formula is C15H23FN2O2. The molecule has 0 amide bonds. The molecule has 0 spiro atoms. The van der Waals surface area contributed by atoms with Crippen molar-refractivity contribution in [3.63, 3.8) is 0 Å². The van der Waals surface area contributed by atoms with E-state index in [1.807, 2.05) is 6.92 Å². The van der Waals surface area contributed by atoms with E-state index in [9.17, 15) is 4.39 Å². The lowest BCUT2D eigenvalue weighted by molar-refractivity contribution is -0.0568. The molecule has 1 atom stereocenters. The minimum atomic E-state index is -0.426. The number of rotatable bonds is 4. The molecule has 1 aromatic rings. The van der Waals surface area contributed by atoms with Crippen molar-refractivity contribution in [3.8, 4) is 5.75 Å². The maximum atomic E-state index is 13.7. The molecule has 0 bridgehead atoms. The van der Waals surface area contributed by atoms with Crippen LogP contribution in [0.5, 0.6) is 5.75 Å². The number of nitrogen functional groups attached to an aromatic ring is 1. The van der Waals surface area contributed by atoms with Crippen molar-refractivity contribution in [2.75, 3.05) is 32.0 Å². The summed E-state index contributed by atoms with van der Waals surface area (Å²) in [7, 11) is 0. The number of benzene rings is 1. The second-order valence-corrected chi connectivity index (χ2v) is 5.53. The van der Waals surface area contributed by atoms with Crippen molar-refractivity contribution < 1.29 is 13.9 Å². The van der Waals surface area contributed by atoms with E-state index in [2.05, 4.69) is 18.7 Å². The van der Waals surface area contributed by atoms with Gasteiger partial charge in [-0.15, -0.1) is 0 Å². The molecule has 1 aliphatic heterocycles. The summed E-state index contributed by atoms with van der Waals surface area (Å²) >= 11 is 0. The second-order valence-electron chi connectivity index (χ2n) is 5.53. The zero-order chi connectivity index (χ0) is 14.7. The van der Waals surface area contributed by atoms with Crippen molar-refractivity contribution in [1.82, 2.24) is 4.90 Å². The molecule has 0 saturated carbocycles. The molecule has 112 valence electrons. The van der Waals surface area contributed by atoms with Gasteiger partial charge in [-0.1, -0.05) is 0 Å². The van der Waals surface area contributed by atoms with Gasteiger partial charge < -0.3 is 15.2 Å². The van der Waals surface area contributed by atoms with Gasteiger partial charge in [0.2, 0.25) is 0 Å². The maximum absolute atomic E-state index is 13.7. The van der Waals surface area contributed by atoms with E-state index in [0.717, 1.165) is 18.7 Å². The lowest BCUT2D eigenvalue weighted by Crippen LogP contribution is -2.47. The highest BCUT2D eigenvalue weighted by molar-refractivity contribution is 5.50. The number of morpholine rings is 1. The zero-order valence-electron chi connectivity index (χ0n) is 12.4. The predicted octanol–water partition coefficient (Wildman–Crippen LogP) is 2.20. The third-order valence-electron chi connectivity index (χ3n) is 3.65. The SMILES string of the molecule is Cc1cc(OCC2CN(C(C)C)CCO2)c(F)cc1N. The van der Waals surface area contributed by atoms with Crippen LogP contribution in [0.1, 0.15) is 19.4 Å². The molecular weight excluding hydrogens is 259 g/mol. The van der Waals surface area contributed by atoms with Crippen LogP contribution in [0.15, 0.2) is 12.1 Å². The topological polar surface area (TPSA) is 47.7 Å². The molecule has 1 fully saturated rings. The molecule has 1 heterocycles. The Balaban J connectivity index is 1.93. The zero-order valence-corrected chi connectivity index (χ0v) is 12.4. The van der Waals surface area contributed by atoms with Crippen LogP contribution in [0.25, 0.3) is 0 Å². The molecule has 4 nitrogen and oxygen atoms in total. The van der Waals surface area contributed by atoms with Crippen LogP contribution in [-0.2, 0) is 4.74 Å². The predicted molar refractivity (Wildman–Crippen MR) is 77.5 cm³/mol. The average molecular weight is 282 g/mol. The van der Waals surface area contributed by atoms with Crippen molar-refractivity contribution in [3.05, 3.63) is 23.5 Å². The first kappa shape index (κ1) is 15.1. The molecule has 1 aliphatic rings. The lowest BCUT2D eigenvalue weighted by atomic mass is 10.2. The van der Waals surface area contributed by atoms with E-state index < -0.39 is 5.82 Å². The summed E-state index contributed by atoms with van der Waals surface area (Å²) in [6.45, 7) is 8.94. The number of nitrogens with two attached hydrogens (primary N) is 1. The summed E-state index contributed by atoms with van der Waals surface area (Å²) < 4.78 is 25.0. The van der Waals surface area contributed by atoms with Crippen LogP contribution in [0.2, 0.25) is 0 Å². The number of aryl methyl sites for hydroxylation is 1. The van der Waals surface area contributed by atoms with Gasteiger partial charge in [0.15, 0.2) is 11.6 Å². The Morgan fingerprint density at radius 2 is 2.25 bits per heavy atom. The number of hydrogen-bond acceptors (Lipinski definition) is 4. The van der Waals surface area contributed by atoms with Crippen molar-refractivity contribution in [2.45, 2.75) is 32.9 Å². The average Bonchev–Trinajstić information content (AvgIpc) is 2.41. The van der Waals surface area contributed by atoms with E-state index in [1.54, 1.807) is 6.07 Å². The number of halogens is 1. The van der Waals surface area contributed by atoms with Crippen LogP contribution in [0.4, 0.5) is 10.1 Å². The molecule has 1 unspecified atom stereocenters. The molecule has 5 heteroatoms. The number of hydrogen-bond donors (Lipinski definition) is 1. The fraction of sp³-hybridized carbons (Fsp3) is 0.600. The minimum absolute atomic E-state index is 0.0246. The Morgan fingerprint density at radius 3 is 2.95 bits per heavy atom. The normalized spacial score (nSPS) is 20.4. The van der Waals surface area contributed by atoms with Crippen molar-refractivity contribution in [1.29, 1.82) is 0 Å². The number of anilines is 1. The van der Waals surface area contributed by atoms with Gasteiger partial charge in [-0.2, -0.15) is 0 Å². The summed E-state index contributed by atoms with van der Waals surface area (Å²) in [4.78, 5) is 2.34. The Hall–Kier alpha value is -1.33. The molecule has 0 aromatic heterocycles. The fourth-order valence-corrected chi connectivity index (χ4v) is 2.28. The summed E-state index contributed by atoms with van der Waals surface area (Å²) in [6, 6.07) is 3.41. The summed E-state index contributed by atoms with van der Waals surface area (Å²) in [5.74, 6) is -0.188. The van der Waals surface area contributed by atoms with Gasteiger partial charge >= 0.3 is 0 Å². The highest BCUT2D eigenvalue weighted by Crippen LogP contribution is 2.24. The van der Waals surface area contributed by atoms with Crippen molar-refractivity contribution >= 4 is 5.69 Å². The van der Waals surface area contributed by atoms with E-state index in [4.69, 9.17) is 15.2 Å². The first-order valence-corrected chi connectivity index (χ1v) is 7.01. The molecule has 1 aromatic carbocycles. The van der Waals surface area contributed by atoms with Gasteiger partial charge in [0.1, 0.15) is 12.7 Å². The van der Waals surface area contributed by atoms with Gasteiger partial charge in [-0.25, -0.2) is 4.39 Å². The quantitative estimate of drug-likeness (QED) is 0.860. The Bertz CT molecular complexity index is 465. The maximum Gasteiger partial charge on any atom is 0.167 e. The van der Waals surface area contributed by atoms with Gasteiger partial charge in [-0.3, -0.25) is 4.90 Å². The van der Waals surface area contributed by atoms with Crippen molar-refractivity contribution in [2.24, 2.45) is 0 Å². The van der Waals surface area contributed by atoms with E-state index in [-0.39, 0.29) is 11.9 Å². The first-order chi connectivity index (χ1) is 9.47. The summed E-state index contributed by atoms with van der Waals surface area (Å²) in [6.07, 6.45) is -0.0246. The standard InChI is InChI=1S/C15H23FN2O2/c1-10(2)18-4-5-19-12(8-18)9-20-15-6-11(3)14(17)7-13(15)16/h6-7,10,12H,4-5,8-9,17H2,1-3H3. The summed E-state index contributed by atoms with van der Waals surface area (Å²) in [5.41, 5.74) is 6.91.